The molecule has 0 aliphatic heterocycles. The first kappa shape index (κ1) is 19.7. The predicted molar refractivity (Wildman–Crippen MR) is 96.8 cm³/mol. The Bertz CT molecular complexity index is 880. The van der Waals surface area contributed by atoms with Gasteiger partial charge in [-0.2, -0.15) is 0 Å². The summed E-state index contributed by atoms with van der Waals surface area (Å²) in [5, 5.41) is 22.8. The predicted octanol–water partition coefficient (Wildman–Crippen LogP) is 3.34. The van der Waals surface area contributed by atoms with Gasteiger partial charge in [-0.25, -0.2) is 4.79 Å². The van der Waals surface area contributed by atoms with Crippen LogP contribution in [-0.2, 0) is 0 Å². The fourth-order valence-corrected chi connectivity index (χ4v) is 2.27. The molecule has 0 saturated heterocycles. The lowest BCUT2D eigenvalue weighted by molar-refractivity contribution is -0.385. The molecule has 0 aromatic heterocycles. The Morgan fingerprint density at radius 1 is 1.15 bits per heavy atom. The second-order valence-electron chi connectivity index (χ2n) is 5.46. The molecule has 2 aromatic rings. The van der Waals surface area contributed by atoms with E-state index in [1.54, 1.807) is 0 Å². The van der Waals surface area contributed by atoms with Gasteiger partial charge in [-0.05, 0) is 36.8 Å². The lowest BCUT2D eigenvalue weighted by Gasteiger charge is -2.13. The molecule has 0 aliphatic rings. The zero-order valence-corrected chi connectivity index (χ0v) is 14.7. The fraction of sp³-hybridized carbons (Fsp3) is 0.222. The molecule has 0 fully saturated rings. The second-order valence-corrected chi connectivity index (χ2v) is 5.46. The van der Waals surface area contributed by atoms with Crippen molar-refractivity contribution in [1.82, 2.24) is 0 Å². The molecule has 142 valence electrons. The van der Waals surface area contributed by atoms with Crippen molar-refractivity contribution in [1.29, 1.82) is 0 Å². The van der Waals surface area contributed by atoms with Gasteiger partial charge in [0.2, 0.25) is 0 Å². The van der Waals surface area contributed by atoms with E-state index in [1.165, 1.54) is 37.4 Å². The van der Waals surface area contributed by atoms with Gasteiger partial charge in [0.25, 0.3) is 5.91 Å². The molecular weight excluding hydrogens is 356 g/mol. The number of nitro benzene ring substituents is 1. The Kier molecular flexibility index (Phi) is 6.32. The van der Waals surface area contributed by atoms with E-state index in [0.717, 1.165) is 12.5 Å². The van der Waals surface area contributed by atoms with Crippen LogP contribution in [-0.4, -0.2) is 35.6 Å². The molecule has 1 amide bonds. The number of nitrogens with zero attached hydrogens (tertiary/aromatic N) is 1. The molecular formula is C18H18N2O7. The Morgan fingerprint density at radius 2 is 1.81 bits per heavy atom. The maximum Gasteiger partial charge on any atom is 0.335 e. The van der Waals surface area contributed by atoms with Crippen LogP contribution in [0.5, 0.6) is 11.5 Å². The van der Waals surface area contributed by atoms with Gasteiger partial charge in [0.15, 0.2) is 5.75 Å². The van der Waals surface area contributed by atoms with Crippen molar-refractivity contribution in [2.75, 3.05) is 19.0 Å². The number of anilines is 1. The van der Waals surface area contributed by atoms with E-state index in [1.807, 2.05) is 6.92 Å². The van der Waals surface area contributed by atoms with Crippen molar-refractivity contribution >= 4 is 23.3 Å². The first-order valence-corrected chi connectivity index (χ1v) is 8.01. The molecule has 9 nitrogen and oxygen atoms in total. The third-order valence-electron chi connectivity index (χ3n) is 3.57. The molecule has 2 N–H and O–H groups in total. The van der Waals surface area contributed by atoms with Crippen molar-refractivity contribution in [3.8, 4) is 11.5 Å². The van der Waals surface area contributed by atoms with Crippen molar-refractivity contribution in [3.05, 3.63) is 57.6 Å². The van der Waals surface area contributed by atoms with E-state index in [0.29, 0.717) is 12.4 Å². The summed E-state index contributed by atoms with van der Waals surface area (Å²) in [4.78, 5) is 34.2. The van der Waals surface area contributed by atoms with Crippen molar-refractivity contribution in [3.63, 3.8) is 0 Å². The Hall–Kier alpha value is -3.62. The number of carboxylic acids is 1. The number of amides is 1. The van der Waals surface area contributed by atoms with E-state index in [4.69, 9.17) is 14.6 Å². The topological polar surface area (TPSA) is 128 Å². The number of hydrogen-bond donors (Lipinski definition) is 2. The number of ether oxygens (including phenoxy) is 2. The van der Waals surface area contributed by atoms with Crippen LogP contribution in [0, 0.1) is 10.1 Å². The van der Waals surface area contributed by atoms with Crippen LogP contribution < -0.4 is 14.8 Å². The number of nitrogens with one attached hydrogen (secondary N) is 1. The van der Waals surface area contributed by atoms with Crippen molar-refractivity contribution in [2.45, 2.75) is 13.3 Å². The zero-order chi connectivity index (χ0) is 20.0. The molecule has 0 heterocycles. The number of methoxy groups -OCH3 is 1. The van der Waals surface area contributed by atoms with Gasteiger partial charge in [-0.3, -0.25) is 14.9 Å². The minimum absolute atomic E-state index is 0.0182. The number of carboxylic acid groups (broad SMARTS) is 1. The van der Waals surface area contributed by atoms with Crippen LogP contribution in [0.1, 0.15) is 34.1 Å². The summed E-state index contributed by atoms with van der Waals surface area (Å²) < 4.78 is 10.4. The number of carbonyl (C=O) groups excluding carboxylic acids is 1. The SMILES string of the molecule is CCCOc1ccc(C(=O)O)cc1NC(=O)c1ccc(OC)c([N+](=O)[O-])c1. The maximum absolute atomic E-state index is 12.5. The number of carbonyl (C=O) groups is 2. The van der Waals surface area contributed by atoms with Gasteiger partial charge in [-0.1, -0.05) is 6.92 Å². The van der Waals surface area contributed by atoms with Crippen LogP contribution in [0.3, 0.4) is 0 Å². The lowest BCUT2D eigenvalue weighted by Crippen LogP contribution is -2.14. The van der Waals surface area contributed by atoms with E-state index >= 15 is 0 Å². The molecule has 0 bridgehead atoms. The van der Waals surface area contributed by atoms with E-state index in [2.05, 4.69) is 5.32 Å². The Morgan fingerprint density at radius 3 is 2.41 bits per heavy atom. The molecule has 0 saturated carbocycles. The van der Waals surface area contributed by atoms with Gasteiger partial charge in [-0.15, -0.1) is 0 Å². The van der Waals surface area contributed by atoms with Crippen LogP contribution in [0.2, 0.25) is 0 Å². The number of aromatic carboxylic acids is 1. The molecule has 2 rings (SSSR count). The van der Waals surface area contributed by atoms with Crippen molar-refractivity contribution < 1.29 is 29.1 Å². The molecule has 0 radical (unpaired) electrons. The third kappa shape index (κ3) is 4.72. The molecule has 2 aromatic carbocycles. The zero-order valence-electron chi connectivity index (χ0n) is 14.7. The van der Waals surface area contributed by atoms with Crippen LogP contribution >= 0.6 is 0 Å². The van der Waals surface area contributed by atoms with Crippen LogP contribution in [0.15, 0.2) is 36.4 Å². The number of benzene rings is 2. The maximum atomic E-state index is 12.5. The summed E-state index contributed by atoms with van der Waals surface area (Å²) in [5.74, 6) is -1.48. The lowest BCUT2D eigenvalue weighted by atomic mass is 10.1. The number of rotatable bonds is 8. The molecule has 0 aliphatic carbocycles. The number of nitro groups is 1. The highest BCUT2D eigenvalue weighted by atomic mass is 16.6. The van der Waals surface area contributed by atoms with E-state index in [9.17, 15) is 19.7 Å². The quantitative estimate of drug-likeness (QED) is 0.535. The Balaban J connectivity index is 2.36. The first-order valence-electron chi connectivity index (χ1n) is 8.01. The summed E-state index contributed by atoms with van der Waals surface area (Å²) in [6, 6.07) is 7.85. The van der Waals surface area contributed by atoms with Crippen molar-refractivity contribution in [2.24, 2.45) is 0 Å². The van der Waals surface area contributed by atoms with Gasteiger partial charge in [0.1, 0.15) is 5.75 Å². The minimum Gasteiger partial charge on any atom is -0.491 e. The average Bonchev–Trinajstić information content (AvgIpc) is 2.66. The number of hydrogen-bond acceptors (Lipinski definition) is 6. The smallest absolute Gasteiger partial charge is 0.335 e. The van der Waals surface area contributed by atoms with Gasteiger partial charge in [0.05, 0.1) is 29.9 Å². The summed E-state index contributed by atoms with van der Waals surface area (Å²) in [6.07, 6.45) is 0.721. The van der Waals surface area contributed by atoms with E-state index in [-0.39, 0.29) is 28.3 Å². The molecule has 9 heteroatoms. The molecule has 0 unspecified atom stereocenters. The molecule has 27 heavy (non-hydrogen) atoms. The van der Waals surface area contributed by atoms with Crippen LogP contribution in [0.25, 0.3) is 0 Å². The third-order valence-corrected chi connectivity index (χ3v) is 3.57. The van der Waals surface area contributed by atoms with E-state index < -0.39 is 16.8 Å². The summed E-state index contributed by atoms with van der Waals surface area (Å²) >= 11 is 0. The van der Waals surface area contributed by atoms with Crippen LogP contribution in [0.4, 0.5) is 11.4 Å². The highest BCUT2D eigenvalue weighted by Gasteiger charge is 2.19. The first-order chi connectivity index (χ1) is 12.9. The fourth-order valence-electron chi connectivity index (χ4n) is 2.27. The normalized spacial score (nSPS) is 10.1. The standard InChI is InChI=1S/C18H18N2O7/c1-3-8-27-15-6-5-12(18(22)23)9-13(15)19-17(21)11-4-7-16(26-2)14(10-11)20(24)25/h4-7,9-10H,3,8H2,1-2H3,(H,19,21)(H,22,23). The second kappa shape index (κ2) is 8.65. The monoisotopic (exact) mass is 374 g/mol. The van der Waals surface area contributed by atoms with Gasteiger partial charge >= 0.3 is 11.7 Å². The highest BCUT2D eigenvalue weighted by Crippen LogP contribution is 2.30. The summed E-state index contributed by atoms with van der Waals surface area (Å²) in [6.45, 7) is 2.28. The summed E-state index contributed by atoms with van der Waals surface area (Å²) in [7, 11) is 1.29. The molecule has 0 atom stereocenters. The van der Waals surface area contributed by atoms with Gasteiger partial charge < -0.3 is 19.9 Å². The van der Waals surface area contributed by atoms with Gasteiger partial charge in [0, 0.05) is 11.6 Å². The summed E-state index contributed by atoms with van der Waals surface area (Å²) in [5.41, 5.74) is -0.210. The minimum atomic E-state index is -1.16. The molecule has 0 spiro atoms. The largest absolute Gasteiger partial charge is 0.491 e. The average molecular weight is 374 g/mol. The Labute approximate surface area is 154 Å². The highest BCUT2D eigenvalue weighted by molar-refractivity contribution is 6.06.